The molecule has 4 aliphatic rings. The number of allylic oxidation sites excluding steroid dienone is 1. The Hall–Kier alpha value is 0.280. The minimum absolute atomic E-state index is 0.0292. The summed E-state index contributed by atoms with van der Waals surface area (Å²) in [5, 5.41) is 0. The van der Waals surface area contributed by atoms with Crippen molar-refractivity contribution in [1.29, 1.82) is 0 Å². The molecule has 0 N–H and O–H groups in total. The Labute approximate surface area is 229 Å². The third kappa shape index (κ3) is 8.64. The van der Waals surface area contributed by atoms with Crippen LogP contribution in [0.15, 0.2) is 12.2 Å². The van der Waals surface area contributed by atoms with Crippen LogP contribution in [0.4, 0.5) is 0 Å². The molecule has 0 bridgehead atoms. The van der Waals surface area contributed by atoms with E-state index in [1.807, 2.05) is 0 Å². The summed E-state index contributed by atoms with van der Waals surface area (Å²) < 4.78 is 26.4. The van der Waals surface area contributed by atoms with Gasteiger partial charge in [-0.25, -0.2) is 0 Å². The van der Waals surface area contributed by atoms with Gasteiger partial charge in [-0.2, -0.15) is 0 Å². The molecule has 4 fully saturated rings. The van der Waals surface area contributed by atoms with Gasteiger partial charge in [-0.3, -0.25) is 0 Å². The van der Waals surface area contributed by atoms with Gasteiger partial charge in [0, 0.05) is 35.9 Å². The van der Waals surface area contributed by atoms with E-state index in [4.69, 9.17) is 18.9 Å². The number of rotatable bonds is 13. The molecular weight excluding hydrogens is 488 g/mol. The maximum Gasteiger partial charge on any atom is 0.171 e. The second kappa shape index (κ2) is 14.6. The molecule has 4 nitrogen and oxygen atoms in total. The normalized spacial score (nSPS) is 31.5. The van der Waals surface area contributed by atoms with Gasteiger partial charge >= 0.3 is 0 Å². The summed E-state index contributed by atoms with van der Waals surface area (Å²) in [5.41, 5.74) is 0.109. The molecule has 0 aromatic rings. The molecule has 1 saturated carbocycles. The highest BCUT2D eigenvalue weighted by atomic mass is 32.2. The molecular formula is C30H52O4S2. The van der Waals surface area contributed by atoms with Gasteiger partial charge in [0.2, 0.25) is 0 Å². The highest BCUT2D eigenvalue weighted by Gasteiger charge is 2.53. The first kappa shape index (κ1) is 29.3. The van der Waals surface area contributed by atoms with Crippen molar-refractivity contribution in [2.45, 2.75) is 127 Å². The van der Waals surface area contributed by atoms with E-state index in [2.05, 4.69) is 56.4 Å². The van der Waals surface area contributed by atoms with Crippen molar-refractivity contribution in [2.75, 3.05) is 31.3 Å². The summed E-state index contributed by atoms with van der Waals surface area (Å²) in [4.78, 5) is 0. The summed E-state index contributed by atoms with van der Waals surface area (Å²) in [6, 6.07) is 0. The molecule has 36 heavy (non-hydrogen) atoms. The summed E-state index contributed by atoms with van der Waals surface area (Å²) in [5.74, 6) is 3.15. The van der Waals surface area contributed by atoms with Crippen LogP contribution in [-0.4, -0.2) is 54.1 Å². The van der Waals surface area contributed by atoms with Gasteiger partial charge in [-0.1, -0.05) is 65.0 Å². The van der Waals surface area contributed by atoms with Crippen molar-refractivity contribution in [1.82, 2.24) is 0 Å². The molecule has 0 amide bonds. The summed E-state index contributed by atoms with van der Waals surface area (Å²) >= 11 is 4.29. The van der Waals surface area contributed by atoms with Crippen molar-refractivity contribution >= 4 is 23.5 Å². The first-order valence-electron chi connectivity index (χ1n) is 15.0. The van der Waals surface area contributed by atoms with Gasteiger partial charge in [0.15, 0.2) is 12.1 Å². The fourth-order valence-corrected chi connectivity index (χ4v) is 9.01. The van der Waals surface area contributed by atoms with E-state index < -0.39 is 0 Å². The predicted molar refractivity (Wildman–Crippen MR) is 154 cm³/mol. The van der Waals surface area contributed by atoms with Crippen LogP contribution in [0, 0.1) is 17.3 Å². The average Bonchev–Trinajstić information content (AvgIpc) is 3.52. The highest BCUT2D eigenvalue weighted by molar-refractivity contribution is 8.20. The molecule has 0 aromatic carbocycles. The Morgan fingerprint density at radius 2 is 1.75 bits per heavy atom. The minimum Gasteiger partial charge on any atom is -0.353 e. The van der Waals surface area contributed by atoms with Crippen LogP contribution in [0.3, 0.4) is 0 Å². The van der Waals surface area contributed by atoms with Gasteiger partial charge in [0.1, 0.15) is 0 Å². The molecule has 1 spiro atoms. The molecule has 4 rings (SSSR count). The zero-order valence-corrected chi connectivity index (χ0v) is 24.9. The lowest BCUT2D eigenvalue weighted by Crippen LogP contribution is -2.50. The van der Waals surface area contributed by atoms with Crippen LogP contribution in [0.1, 0.15) is 104 Å². The van der Waals surface area contributed by atoms with Crippen LogP contribution < -0.4 is 0 Å². The van der Waals surface area contributed by atoms with Gasteiger partial charge in [-0.15, -0.1) is 23.5 Å². The Kier molecular flexibility index (Phi) is 11.9. The number of thioether (sulfide) groups is 2. The second-order valence-corrected chi connectivity index (χ2v) is 15.1. The molecule has 0 radical (unpaired) electrons. The quantitative estimate of drug-likeness (QED) is 0.173. The lowest BCUT2D eigenvalue weighted by molar-refractivity contribution is -0.316. The van der Waals surface area contributed by atoms with Crippen molar-refractivity contribution in [3.8, 4) is 0 Å². The van der Waals surface area contributed by atoms with Crippen molar-refractivity contribution in [3.05, 3.63) is 12.2 Å². The monoisotopic (exact) mass is 540 g/mol. The molecule has 4 unspecified atom stereocenters. The van der Waals surface area contributed by atoms with Crippen molar-refractivity contribution in [3.63, 3.8) is 0 Å². The average molecular weight is 541 g/mol. The van der Waals surface area contributed by atoms with E-state index in [1.54, 1.807) is 0 Å². The van der Waals surface area contributed by atoms with Gasteiger partial charge in [0.05, 0.1) is 23.9 Å². The Bertz CT molecular complexity index is 647. The zero-order valence-electron chi connectivity index (χ0n) is 23.2. The van der Waals surface area contributed by atoms with Crippen molar-refractivity contribution in [2.24, 2.45) is 17.3 Å². The van der Waals surface area contributed by atoms with Crippen LogP contribution in [-0.2, 0) is 18.9 Å². The third-order valence-corrected chi connectivity index (χ3v) is 11.5. The number of ether oxygens (including phenoxy) is 4. The van der Waals surface area contributed by atoms with Crippen LogP contribution in [0.2, 0.25) is 0 Å². The van der Waals surface area contributed by atoms with Crippen LogP contribution in [0.5, 0.6) is 0 Å². The summed E-state index contributed by atoms with van der Waals surface area (Å²) in [6.07, 6.45) is 20.6. The standard InChI is InChI=1S/C30H52O4S2/c1-4-5-6-7-8-11-25(34-27-12-9-10-19-31-27)14-13-24-17-18-30(32-22-29(2,3)23-33-30)26(24)15-16-28-35-20-21-36-28/h13-14,24-28H,4-12,15-23H2,1-3H3/b14-13+. The number of hydrogen-bond donors (Lipinski definition) is 0. The predicted octanol–water partition coefficient (Wildman–Crippen LogP) is 8.20. The zero-order chi connectivity index (χ0) is 25.3. The van der Waals surface area contributed by atoms with Gasteiger partial charge < -0.3 is 18.9 Å². The van der Waals surface area contributed by atoms with E-state index in [0.717, 1.165) is 56.5 Å². The number of hydrogen-bond acceptors (Lipinski definition) is 6. The lowest BCUT2D eigenvalue weighted by atomic mass is 9.86. The van der Waals surface area contributed by atoms with Gasteiger partial charge in [-0.05, 0) is 50.9 Å². The smallest absolute Gasteiger partial charge is 0.171 e. The maximum atomic E-state index is 6.61. The Morgan fingerprint density at radius 3 is 2.47 bits per heavy atom. The number of unbranched alkanes of at least 4 members (excludes halogenated alkanes) is 4. The molecule has 1 aliphatic carbocycles. The molecule has 6 heteroatoms. The highest BCUT2D eigenvalue weighted by Crippen LogP contribution is 2.51. The molecule has 0 aromatic heterocycles. The molecule has 208 valence electrons. The fourth-order valence-electron chi connectivity index (χ4n) is 6.15. The summed E-state index contributed by atoms with van der Waals surface area (Å²) in [6.45, 7) is 9.23. The maximum absolute atomic E-state index is 6.61. The van der Waals surface area contributed by atoms with E-state index in [9.17, 15) is 0 Å². The first-order chi connectivity index (χ1) is 17.5. The van der Waals surface area contributed by atoms with Crippen LogP contribution >= 0.6 is 23.5 Å². The molecule has 3 heterocycles. The second-order valence-electron chi connectivity index (χ2n) is 12.2. The summed E-state index contributed by atoms with van der Waals surface area (Å²) in [7, 11) is 0. The van der Waals surface area contributed by atoms with E-state index in [-0.39, 0.29) is 23.6 Å². The Balaban J connectivity index is 1.40. The fraction of sp³-hybridized carbons (Fsp3) is 0.933. The lowest BCUT2D eigenvalue weighted by Gasteiger charge is -2.45. The van der Waals surface area contributed by atoms with E-state index >= 15 is 0 Å². The van der Waals surface area contributed by atoms with Gasteiger partial charge in [0.25, 0.3) is 0 Å². The van der Waals surface area contributed by atoms with Crippen molar-refractivity contribution < 1.29 is 18.9 Å². The third-order valence-electron chi connectivity index (χ3n) is 8.36. The topological polar surface area (TPSA) is 36.9 Å². The largest absolute Gasteiger partial charge is 0.353 e. The molecule has 3 saturated heterocycles. The Morgan fingerprint density at radius 1 is 0.972 bits per heavy atom. The minimum atomic E-state index is -0.387. The molecule has 4 atom stereocenters. The van der Waals surface area contributed by atoms with E-state index in [0.29, 0.717) is 11.8 Å². The van der Waals surface area contributed by atoms with Crippen LogP contribution in [0.25, 0.3) is 0 Å². The van der Waals surface area contributed by atoms with E-state index in [1.165, 1.54) is 62.9 Å². The molecule has 3 aliphatic heterocycles. The first-order valence-corrected chi connectivity index (χ1v) is 17.1. The SMILES string of the molecule is CCCCCCCC(/C=C/C1CCC2(OCC(C)(C)CO2)C1CCC1SCCS1)OC1CCCCO1.